The third kappa shape index (κ3) is 7.42. The summed E-state index contributed by atoms with van der Waals surface area (Å²) in [5, 5.41) is 5.58. The van der Waals surface area contributed by atoms with Crippen LogP contribution in [0.1, 0.15) is 62.1 Å². The standard InChI is InChI=1S/C29H32F6N6O3/c1-3-23-11-24(17-41(23)44-27(42)43-25-6-4-5-7-25)40(26-36-12-19(13-37-26)20-14-38-39(2)16-20)15-18-8-21(28(30,31)32)10-22(9-18)29(33,34)35/h8-10,12-14,16,23-25H,3-7,11,15,17H2,1-2H3/t23-,24+/m1/s1. The van der Waals surface area contributed by atoms with Gasteiger partial charge < -0.3 is 14.5 Å². The average Bonchev–Trinajstić information content (AvgIpc) is 3.72. The number of rotatable bonds is 8. The molecule has 0 amide bonds. The van der Waals surface area contributed by atoms with E-state index in [-0.39, 0.29) is 42.8 Å². The monoisotopic (exact) mass is 626 g/mol. The number of nitrogens with zero attached hydrogens (tertiary/aromatic N) is 6. The predicted molar refractivity (Wildman–Crippen MR) is 146 cm³/mol. The molecular weight excluding hydrogens is 594 g/mol. The Hall–Kier alpha value is -3.88. The Kier molecular flexibility index (Phi) is 9.05. The molecule has 1 saturated heterocycles. The summed E-state index contributed by atoms with van der Waals surface area (Å²) >= 11 is 0. The van der Waals surface area contributed by atoms with Crippen LogP contribution in [-0.2, 0) is 35.5 Å². The van der Waals surface area contributed by atoms with Crippen LogP contribution in [0.2, 0.25) is 0 Å². The van der Waals surface area contributed by atoms with Crippen LogP contribution in [0.5, 0.6) is 0 Å². The van der Waals surface area contributed by atoms with Crippen molar-refractivity contribution < 1.29 is 40.7 Å². The minimum Gasteiger partial charge on any atom is -0.430 e. The molecule has 5 rings (SSSR count). The first-order valence-electron chi connectivity index (χ1n) is 14.3. The quantitative estimate of drug-likeness (QED) is 0.200. The molecule has 1 aliphatic carbocycles. The van der Waals surface area contributed by atoms with Crippen molar-refractivity contribution in [2.24, 2.45) is 7.05 Å². The van der Waals surface area contributed by atoms with Gasteiger partial charge in [-0.15, -0.1) is 5.06 Å². The molecule has 9 nitrogen and oxygen atoms in total. The first-order chi connectivity index (χ1) is 20.8. The van der Waals surface area contributed by atoms with Crippen LogP contribution in [-0.4, -0.2) is 55.7 Å². The van der Waals surface area contributed by atoms with Crippen LogP contribution >= 0.6 is 0 Å². The van der Waals surface area contributed by atoms with Crippen molar-refractivity contribution in [3.8, 4) is 11.1 Å². The van der Waals surface area contributed by atoms with Gasteiger partial charge in [0.1, 0.15) is 6.10 Å². The van der Waals surface area contributed by atoms with E-state index < -0.39 is 35.7 Å². The van der Waals surface area contributed by atoms with Gasteiger partial charge in [-0.05, 0) is 62.3 Å². The highest BCUT2D eigenvalue weighted by Crippen LogP contribution is 2.37. The number of carbonyl (C=O) groups excluding carboxylic acids is 1. The van der Waals surface area contributed by atoms with E-state index in [2.05, 4.69) is 15.1 Å². The Labute approximate surface area is 249 Å². The minimum absolute atomic E-state index is 0.0962. The van der Waals surface area contributed by atoms with Gasteiger partial charge in [-0.25, -0.2) is 14.8 Å². The number of benzene rings is 1. The number of ether oxygens (including phenoxy) is 1. The summed E-state index contributed by atoms with van der Waals surface area (Å²) in [7, 11) is 1.74. The summed E-state index contributed by atoms with van der Waals surface area (Å²) in [6.45, 7) is 1.63. The van der Waals surface area contributed by atoms with Crippen molar-refractivity contribution in [1.29, 1.82) is 0 Å². The van der Waals surface area contributed by atoms with Crippen LogP contribution in [0.4, 0.5) is 37.1 Å². The van der Waals surface area contributed by atoms with E-state index in [1.54, 1.807) is 29.0 Å². The fourth-order valence-electron chi connectivity index (χ4n) is 5.69. The van der Waals surface area contributed by atoms with Gasteiger partial charge in [0.15, 0.2) is 0 Å². The molecule has 0 bridgehead atoms. The molecule has 1 aromatic carbocycles. The van der Waals surface area contributed by atoms with E-state index in [1.165, 1.54) is 17.5 Å². The number of aromatic nitrogens is 4. The first kappa shape index (κ1) is 31.5. The van der Waals surface area contributed by atoms with E-state index in [9.17, 15) is 31.1 Å². The summed E-state index contributed by atoms with van der Waals surface area (Å²) in [5.74, 6) is 0.0962. The number of halogens is 6. The largest absolute Gasteiger partial charge is 0.528 e. The highest BCUT2D eigenvalue weighted by atomic mass is 19.4. The number of aryl methyl sites for hydroxylation is 1. The Balaban J connectivity index is 1.45. The minimum atomic E-state index is -4.99. The Morgan fingerprint density at radius 2 is 1.61 bits per heavy atom. The molecular formula is C29H32F6N6O3. The summed E-state index contributed by atoms with van der Waals surface area (Å²) in [6, 6.07) is 0.700. The normalized spacial score (nSPS) is 19.8. The molecule has 1 saturated carbocycles. The molecule has 44 heavy (non-hydrogen) atoms. The first-order valence-corrected chi connectivity index (χ1v) is 14.3. The van der Waals surface area contributed by atoms with Crippen LogP contribution in [0.3, 0.4) is 0 Å². The van der Waals surface area contributed by atoms with Gasteiger partial charge >= 0.3 is 18.5 Å². The smallest absolute Gasteiger partial charge is 0.430 e. The Morgan fingerprint density at radius 3 is 2.16 bits per heavy atom. The molecule has 0 spiro atoms. The molecule has 0 unspecified atom stereocenters. The van der Waals surface area contributed by atoms with Gasteiger partial charge in [0.2, 0.25) is 5.95 Å². The molecule has 1 aliphatic heterocycles. The lowest BCUT2D eigenvalue weighted by atomic mass is 10.0. The molecule has 0 radical (unpaired) electrons. The zero-order chi connectivity index (χ0) is 31.6. The van der Waals surface area contributed by atoms with Gasteiger partial charge in [-0.3, -0.25) is 4.68 Å². The molecule has 3 heterocycles. The molecule has 2 fully saturated rings. The second-order valence-electron chi connectivity index (χ2n) is 11.1. The number of hydrogen-bond acceptors (Lipinski definition) is 8. The maximum Gasteiger partial charge on any atom is 0.528 e. The van der Waals surface area contributed by atoms with Gasteiger partial charge in [-0.2, -0.15) is 31.4 Å². The lowest BCUT2D eigenvalue weighted by Crippen LogP contribution is -2.39. The molecule has 2 atom stereocenters. The number of anilines is 1. The average molecular weight is 627 g/mol. The molecule has 2 aliphatic rings. The maximum atomic E-state index is 13.6. The van der Waals surface area contributed by atoms with E-state index in [4.69, 9.17) is 9.57 Å². The van der Waals surface area contributed by atoms with Crippen LogP contribution in [0, 0.1) is 0 Å². The maximum absolute atomic E-state index is 13.6. The second-order valence-corrected chi connectivity index (χ2v) is 11.1. The number of carbonyl (C=O) groups is 1. The lowest BCUT2D eigenvalue weighted by molar-refractivity contribution is -0.144. The highest BCUT2D eigenvalue weighted by Gasteiger charge is 2.40. The van der Waals surface area contributed by atoms with Crippen molar-refractivity contribution in [2.75, 3.05) is 11.4 Å². The fourth-order valence-corrected chi connectivity index (χ4v) is 5.69. The third-order valence-electron chi connectivity index (χ3n) is 7.94. The molecule has 2 aromatic heterocycles. The summed E-state index contributed by atoms with van der Waals surface area (Å²) in [4.78, 5) is 28.5. The van der Waals surface area contributed by atoms with E-state index in [0.717, 1.165) is 31.2 Å². The topological polar surface area (TPSA) is 85.6 Å². The van der Waals surface area contributed by atoms with Gasteiger partial charge in [0.05, 0.1) is 23.9 Å². The summed E-state index contributed by atoms with van der Waals surface area (Å²) in [6.07, 6.45) is -0.281. The van der Waals surface area contributed by atoms with Crippen LogP contribution < -0.4 is 4.90 Å². The second kappa shape index (κ2) is 12.6. The molecule has 238 valence electrons. The van der Waals surface area contributed by atoms with Crippen molar-refractivity contribution in [2.45, 2.75) is 82.5 Å². The number of hydrogen-bond donors (Lipinski definition) is 0. The lowest BCUT2D eigenvalue weighted by Gasteiger charge is -2.29. The zero-order valence-electron chi connectivity index (χ0n) is 24.1. The summed E-state index contributed by atoms with van der Waals surface area (Å²) < 4.78 is 88.9. The Bertz CT molecular complexity index is 1410. The van der Waals surface area contributed by atoms with E-state index >= 15 is 0 Å². The van der Waals surface area contributed by atoms with Gasteiger partial charge in [0, 0.05) is 55.4 Å². The SMILES string of the molecule is CC[C@@H]1C[C@H](N(Cc2cc(C(F)(F)F)cc(C(F)(F)F)c2)c2ncc(-c3cnn(C)c3)cn2)CN1OC(=O)OC1CCCC1. The zero-order valence-corrected chi connectivity index (χ0v) is 24.1. The van der Waals surface area contributed by atoms with Crippen molar-refractivity contribution in [3.63, 3.8) is 0 Å². The van der Waals surface area contributed by atoms with E-state index in [1.807, 2.05) is 6.92 Å². The van der Waals surface area contributed by atoms with Crippen LogP contribution in [0.25, 0.3) is 11.1 Å². The number of alkyl halides is 6. The highest BCUT2D eigenvalue weighted by molar-refractivity contribution is 5.60. The van der Waals surface area contributed by atoms with Crippen molar-refractivity contribution in [3.05, 3.63) is 59.7 Å². The van der Waals surface area contributed by atoms with Gasteiger partial charge in [0.25, 0.3) is 0 Å². The van der Waals surface area contributed by atoms with Crippen LogP contribution in [0.15, 0.2) is 43.0 Å². The number of hydroxylamine groups is 2. The van der Waals surface area contributed by atoms with Crippen molar-refractivity contribution >= 4 is 12.1 Å². The van der Waals surface area contributed by atoms with Gasteiger partial charge in [-0.1, -0.05) is 6.92 Å². The molecule has 15 heteroatoms. The van der Waals surface area contributed by atoms with Crippen molar-refractivity contribution in [1.82, 2.24) is 24.8 Å². The molecule has 3 aromatic rings. The molecule has 0 N–H and O–H groups in total. The fraction of sp³-hybridized carbons (Fsp3) is 0.517. The summed E-state index contributed by atoms with van der Waals surface area (Å²) in [5.41, 5.74) is -1.69. The van der Waals surface area contributed by atoms with E-state index in [0.29, 0.717) is 30.5 Å². The predicted octanol–water partition coefficient (Wildman–Crippen LogP) is 6.79. The Morgan fingerprint density at radius 1 is 0.977 bits per heavy atom. The third-order valence-corrected chi connectivity index (χ3v) is 7.94.